The van der Waals surface area contributed by atoms with Crippen LogP contribution >= 0.6 is 0 Å². The van der Waals surface area contributed by atoms with Crippen LogP contribution in [0.25, 0.3) is 0 Å². The molecule has 1 saturated heterocycles. The molecule has 3 heterocycles. The number of aromatic nitrogens is 1. The summed E-state index contributed by atoms with van der Waals surface area (Å²) in [5, 5.41) is 9.90. The van der Waals surface area contributed by atoms with Gasteiger partial charge in [0.05, 0.1) is 5.69 Å². The van der Waals surface area contributed by atoms with Crippen molar-refractivity contribution in [2.75, 3.05) is 49.6 Å². The van der Waals surface area contributed by atoms with Crippen molar-refractivity contribution in [3.8, 4) is 6.07 Å². The van der Waals surface area contributed by atoms with Crippen LogP contribution in [-0.2, 0) is 13.0 Å². The Labute approximate surface area is 149 Å². The fourth-order valence-corrected chi connectivity index (χ4v) is 3.77. The van der Waals surface area contributed by atoms with E-state index < -0.39 is 0 Å². The number of anilines is 2. The molecule has 0 spiro atoms. The Hall–Kier alpha value is -2.58. The maximum absolute atomic E-state index is 9.90. The average Bonchev–Trinajstić information content (AvgIpc) is 3.05. The highest BCUT2D eigenvalue weighted by atomic mass is 15.3. The predicted molar refractivity (Wildman–Crippen MR) is 99.9 cm³/mol. The molecule has 0 saturated carbocycles. The molecule has 0 atom stereocenters. The number of pyridine rings is 1. The van der Waals surface area contributed by atoms with E-state index in [4.69, 9.17) is 0 Å². The van der Waals surface area contributed by atoms with E-state index in [1.807, 2.05) is 12.3 Å². The van der Waals surface area contributed by atoms with Gasteiger partial charge in [-0.05, 0) is 24.6 Å². The molecule has 0 N–H and O–H groups in total. The van der Waals surface area contributed by atoms with E-state index in [0.29, 0.717) is 0 Å². The summed E-state index contributed by atoms with van der Waals surface area (Å²) < 4.78 is 0. The molecule has 0 unspecified atom stereocenters. The molecule has 5 heteroatoms. The fraction of sp³-hybridized carbons (Fsp3) is 0.400. The van der Waals surface area contributed by atoms with Crippen LogP contribution in [0.1, 0.15) is 16.7 Å². The van der Waals surface area contributed by atoms with Crippen molar-refractivity contribution in [3.05, 3.63) is 53.2 Å². The van der Waals surface area contributed by atoms with Crippen molar-refractivity contribution in [2.45, 2.75) is 13.0 Å². The third kappa shape index (κ3) is 3.06. The summed E-state index contributed by atoms with van der Waals surface area (Å²) >= 11 is 0. The first kappa shape index (κ1) is 15.9. The first-order valence-electron chi connectivity index (χ1n) is 8.90. The van der Waals surface area contributed by atoms with Crippen molar-refractivity contribution in [2.24, 2.45) is 0 Å². The Balaban J connectivity index is 1.67. The summed E-state index contributed by atoms with van der Waals surface area (Å²) in [7, 11) is 2.14. The number of nitriles is 1. The topological polar surface area (TPSA) is 46.4 Å². The van der Waals surface area contributed by atoms with Gasteiger partial charge in [0.15, 0.2) is 0 Å². The average molecular weight is 333 g/mol. The van der Waals surface area contributed by atoms with Crippen LogP contribution in [0.5, 0.6) is 0 Å². The molecule has 1 aromatic heterocycles. The van der Waals surface area contributed by atoms with Gasteiger partial charge in [0.2, 0.25) is 0 Å². The number of piperazine rings is 1. The quantitative estimate of drug-likeness (QED) is 0.862. The third-order valence-corrected chi connectivity index (χ3v) is 5.21. The monoisotopic (exact) mass is 333 g/mol. The molecule has 0 amide bonds. The lowest BCUT2D eigenvalue weighted by atomic mass is 10.1. The molecule has 0 aliphatic carbocycles. The van der Waals surface area contributed by atoms with Gasteiger partial charge in [0.25, 0.3) is 0 Å². The molecule has 0 radical (unpaired) electrons. The lowest BCUT2D eigenvalue weighted by Crippen LogP contribution is -2.45. The molecule has 4 rings (SSSR count). The Morgan fingerprint density at radius 2 is 1.84 bits per heavy atom. The molecule has 25 heavy (non-hydrogen) atoms. The van der Waals surface area contributed by atoms with Gasteiger partial charge in [-0.2, -0.15) is 5.26 Å². The van der Waals surface area contributed by atoms with Crippen molar-refractivity contribution in [3.63, 3.8) is 0 Å². The zero-order valence-electron chi connectivity index (χ0n) is 14.6. The molecular formula is C20H23N5. The highest BCUT2D eigenvalue weighted by Crippen LogP contribution is 2.36. The van der Waals surface area contributed by atoms with E-state index in [1.54, 1.807) is 0 Å². The number of rotatable bonds is 3. The molecule has 0 bridgehead atoms. The van der Waals surface area contributed by atoms with E-state index in [9.17, 15) is 5.26 Å². The highest BCUT2D eigenvalue weighted by molar-refractivity contribution is 5.75. The van der Waals surface area contributed by atoms with E-state index in [2.05, 4.69) is 57.1 Å². The van der Waals surface area contributed by atoms with Gasteiger partial charge in [-0.15, -0.1) is 0 Å². The van der Waals surface area contributed by atoms with Crippen LogP contribution in [0.15, 0.2) is 36.5 Å². The molecule has 128 valence electrons. The first-order valence-corrected chi connectivity index (χ1v) is 8.90. The Bertz CT molecular complexity index is 788. The summed E-state index contributed by atoms with van der Waals surface area (Å²) in [6.07, 6.45) is 2.95. The van der Waals surface area contributed by atoms with Crippen LogP contribution in [0.4, 0.5) is 11.5 Å². The summed E-state index contributed by atoms with van der Waals surface area (Å²) in [5.74, 6) is 0.856. The highest BCUT2D eigenvalue weighted by Gasteiger charge is 2.28. The number of hydrogen-bond acceptors (Lipinski definition) is 5. The van der Waals surface area contributed by atoms with Gasteiger partial charge < -0.3 is 14.7 Å². The van der Waals surface area contributed by atoms with Crippen molar-refractivity contribution in [1.82, 2.24) is 9.88 Å². The summed E-state index contributed by atoms with van der Waals surface area (Å²) in [5.41, 5.74) is 4.31. The number of nitrogens with zero attached hydrogens (tertiary/aromatic N) is 5. The largest absolute Gasteiger partial charge is 0.365 e. The van der Waals surface area contributed by atoms with Crippen LogP contribution in [0.3, 0.4) is 0 Å². The van der Waals surface area contributed by atoms with Gasteiger partial charge in [-0.1, -0.05) is 30.3 Å². The summed E-state index contributed by atoms with van der Waals surface area (Å²) in [6, 6.07) is 12.9. The number of fused-ring (bicyclic) bond motifs is 1. The molecule has 2 aromatic rings. The maximum atomic E-state index is 9.90. The minimum absolute atomic E-state index is 0.746. The second-order valence-corrected chi connectivity index (χ2v) is 6.89. The number of benzene rings is 1. The fourth-order valence-electron chi connectivity index (χ4n) is 3.77. The lowest BCUT2D eigenvalue weighted by Gasteiger charge is -2.34. The maximum Gasteiger partial charge on any atom is 0.148 e. The van der Waals surface area contributed by atoms with Crippen molar-refractivity contribution in [1.29, 1.82) is 5.26 Å². The Morgan fingerprint density at radius 3 is 2.56 bits per heavy atom. The summed E-state index contributed by atoms with van der Waals surface area (Å²) in [4.78, 5) is 11.6. The van der Waals surface area contributed by atoms with Gasteiger partial charge >= 0.3 is 0 Å². The van der Waals surface area contributed by atoms with Gasteiger partial charge in [0, 0.05) is 45.5 Å². The lowest BCUT2D eigenvalue weighted by molar-refractivity contribution is 0.312. The minimum atomic E-state index is 0.746. The molecule has 2 aliphatic rings. The van der Waals surface area contributed by atoms with Gasteiger partial charge in [-0.25, -0.2) is 4.98 Å². The van der Waals surface area contributed by atoms with Crippen LogP contribution in [0, 0.1) is 11.3 Å². The SMILES string of the molecule is CN1CCN(c2ncc3c(c2C#N)N(Cc2ccccc2)CC3)CC1. The van der Waals surface area contributed by atoms with Crippen molar-refractivity contribution >= 4 is 11.5 Å². The Kier molecular flexibility index (Phi) is 4.29. The zero-order chi connectivity index (χ0) is 17.2. The van der Waals surface area contributed by atoms with E-state index >= 15 is 0 Å². The van der Waals surface area contributed by atoms with E-state index in [0.717, 1.165) is 62.8 Å². The summed E-state index contributed by atoms with van der Waals surface area (Å²) in [6.45, 7) is 5.67. The van der Waals surface area contributed by atoms with E-state index in [1.165, 1.54) is 11.1 Å². The molecule has 1 aromatic carbocycles. The third-order valence-electron chi connectivity index (χ3n) is 5.21. The molecule has 1 fully saturated rings. The van der Waals surface area contributed by atoms with Crippen LogP contribution in [-0.4, -0.2) is 49.7 Å². The van der Waals surface area contributed by atoms with Crippen LogP contribution in [0.2, 0.25) is 0 Å². The standard InChI is InChI=1S/C20H23N5/c1-23-9-11-24(12-10-23)20-18(13-21)19-17(14-22-20)7-8-25(19)15-16-5-3-2-4-6-16/h2-6,14H,7-12,15H2,1H3. The molecule has 2 aliphatic heterocycles. The predicted octanol–water partition coefficient (Wildman–Crippen LogP) is 2.27. The Morgan fingerprint density at radius 1 is 1.08 bits per heavy atom. The second-order valence-electron chi connectivity index (χ2n) is 6.89. The van der Waals surface area contributed by atoms with Gasteiger partial charge in [-0.3, -0.25) is 0 Å². The first-order chi connectivity index (χ1) is 12.3. The second kappa shape index (κ2) is 6.73. The normalized spacial score (nSPS) is 17.4. The smallest absolute Gasteiger partial charge is 0.148 e. The number of hydrogen-bond donors (Lipinski definition) is 0. The van der Waals surface area contributed by atoms with Crippen LogP contribution < -0.4 is 9.80 Å². The molecular weight excluding hydrogens is 310 g/mol. The zero-order valence-corrected chi connectivity index (χ0v) is 14.6. The van der Waals surface area contributed by atoms with E-state index in [-0.39, 0.29) is 0 Å². The van der Waals surface area contributed by atoms with Crippen molar-refractivity contribution < 1.29 is 0 Å². The number of likely N-dealkylation sites (N-methyl/N-ethyl adjacent to an activating group) is 1. The van der Waals surface area contributed by atoms with Gasteiger partial charge in [0.1, 0.15) is 17.5 Å². The minimum Gasteiger partial charge on any atom is -0.365 e. The molecule has 5 nitrogen and oxygen atoms in total.